The molecule has 0 radical (unpaired) electrons. The third-order valence-corrected chi connectivity index (χ3v) is 8.81. The highest BCUT2D eigenvalue weighted by Crippen LogP contribution is 2.37. The molecule has 2 saturated heterocycles. The van der Waals surface area contributed by atoms with Crippen LogP contribution in [0.25, 0.3) is 16.7 Å². The molecule has 2 fully saturated rings. The Morgan fingerprint density at radius 3 is 2.49 bits per heavy atom. The first kappa shape index (κ1) is 24.0. The van der Waals surface area contributed by atoms with Gasteiger partial charge in [0.2, 0.25) is 11.4 Å². The number of aromatic carboxylic acids is 1. The van der Waals surface area contributed by atoms with Gasteiger partial charge in [0.15, 0.2) is 5.65 Å². The lowest BCUT2D eigenvalue weighted by atomic mass is 10.0. The summed E-state index contributed by atoms with van der Waals surface area (Å²) < 4.78 is 1.69. The van der Waals surface area contributed by atoms with Crippen molar-refractivity contribution >= 4 is 28.6 Å². The van der Waals surface area contributed by atoms with Crippen molar-refractivity contribution in [1.29, 1.82) is 0 Å². The van der Waals surface area contributed by atoms with Gasteiger partial charge in [-0.05, 0) is 92.3 Å². The molecule has 0 saturated carbocycles. The molecule has 2 bridgehead atoms. The topological polar surface area (TPSA) is 100 Å². The van der Waals surface area contributed by atoms with Crippen LogP contribution >= 0.6 is 0 Å². The van der Waals surface area contributed by atoms with Crippen LogP contribution in [0.2, 0.25) is 0 Å². The molecule has 2 aromatic heterocycles. The zero-order valence-corrected chi connectivity index (χ0v) is 21.8. The number of rotatable bonds is 7. The first-order valence-corrected chi connectivity index (χ1v) is 13.9. The van der Waals surface area contributed by atoms with Gasteiger partial charge in [-0.25, -0.2) is 9.78 Å². The molecule has 3 aliphatic rings. The second kappa shape index (κ2) is 9.61. The van der Waals surface area contributed by atoms with Gasteiger partial charge in [-0.1, -0.05) is 18.2 Å². The number of carboxylic acid groups (broad SMARTS) is 1. The highest BCUT2D eigenvalue weighted by molar-refractivity contribution is 5.92. The zero-order valence-electron chi connectivity index (χ0n) is 21.8. The van der Waals surface area contributed by atoms with Crippen molar-refractivity contribution in [3.8, 4) is 5.69 Å². The maximum absolute atomic E-state index is 13.0. The van der Waals surface area contributed by atoms with Crippen LogP contribution in [0.5, 0.6) is 0 Å². The quantitative estimate of drug-likeness (QED) is 0.358. The number of nitrogens with one attached hydrogen (secondary N) is 1. The van der Waals surface area contributed by atoms with Gasteiger partial charge < -0.3 is 15.0 Å². The second-order valence-electron chi connectivity index (χ2n) is 11.1. The summed E-state index contributed by atoms with van der Waals surface area (Å²) in [6, 6.07) is 16.0. The van der Waals surface area contributed by atoms with Crippen LogP contribution in [0.15, 0.2) is 59.7 Å². The SMILES string of the molecule is O=C(O)c1cn(-c2ccc3c(c2)CCC3)c2nc(Nc3ccc(CCN4C5CCC4CC5)cc3)ncc2c1=O. The molecule has 8 heteroatoms. The maximum Gasteiger partial charge on any atom is 0.341 e. The van der Waals surface area contributed by atoms with E-state index in [0.29, 0.717) is 11.6 Å². The summed E-state index contributed by atoms with van der Waals surface area (Å²) in [5.41, 5.74) is 4.99. The van der Waals surface area contributed by atoms with Crippen LogP contribution in [0, 0.1) is 0 Å². The lowest BCUT2D eigenvalue weighted by Crippen LogP contribution is -2.30. The molecule has 0 spiro atoms. The first-order chi connectivity index (χ1) is 19.0. The Morgan fingerprint density at radius 2 is 1.74 bits per heavy atom. The fraction of sp³-hybridized carbons (Fsp3) is 0.355. The number of hydrogen-bond donors (Lipinski definition) is 2. The average Bonchev–Trinajstić information content (AvgIpc) is 3.68. The fourth-order valence-electron chi connectivity index (χ4n) is 6.75. The molecule has 0 amide bonds. The van der Waals surface area contributed by atoms with E-state index >= 15 is 0 Å². The number of aryl methyl sites for hydroxylation is 2. The van der Waals surface area contributed by atoms with Gasteiger partial charge >= 0.3 is 5.97 Å². The minimum absolute atomic E-state index is 0.173. The van der Waals surface area contributed by atoms with Crippen LogP contribution in [-0.4, -0.2) is 49.1 Å². The Morgan fingerprint density at radius 1 is 1.00 bits per heavy atom. The summed E-state index contributed by atoms with van der Waals surface area (Å²) in [6.07, 6.45) is 12.4. The van der Waals surface area contributed by atoms with Gasteiger partial charge in [0, 0.05) is 42.4 Å². The van der Waals surface area contributed by atoms with Crippen LogP contribution in [-0.2, 0) is 19.3 Å². The highest BCUT2D eigenvalue weighted by atomic mass is 16.4. The predicted octanol–water partition coefficient (Wildman–Crippen LogP) is 4.88. The van der Waals surface area contributed by atoms with E-state index in [1.165, 1.54) is 54.8 Å². The van der Waals surface area contributed by atoms with Crippen molar-refractivity contribution in [3.63, 3.8) is 0 Å². The maximum atomic E-state index is 13.0. The van der Waals surface area contributed by atoms with Crippen molar-refractivity contribution in [2.24, 2.45) is 0 Å². The number of nitrogens with zero attached hydrogens (tertiary/aromatic N) is 4. The Labute approximate surface area is 226 Å². The lowest BCUT2D eigenvalue weighted by Gasteiger charge is -2.21. The lowest BCUT2D eigenvalue weighted by molar-refractivity contribution is 0.0695. The van der Waals surface area contributed by atoms with Crippen molar-refractivity contribution < 1.29 is 9.90 Å². The minimum Gasteiger partial charge on any atom is -0.477 e. The molecular formula is C31H31N5O3. The summed E-state index contributed by atoms with van der Waals surface area (Å²) in [7, 11) is 0. The zero-order chi connectivity index (χ0) is 26.5. The number of benzene rings is 2. The first-order valence-electron chi connectivity index (χ1n) is 13.9. The van der Waals surface area contributed by atoms with Crippen molar-refractivity contribution in [2.45, 2.75) is 63.5 Å². The molecule has 4 heterocycles. The summed E-state index contributed by atoms with van der Waals surface area (Å²) >= 11 is 0. The molecule has 0 atom stereocenters. The molecule has 2 aromatic carbocycles. The smallest absolute Gasteiger partial charge is 0.341 e. The molecule has 198 valence electrons. The van der Waals surface area contributed by atoms with Gasteiger partial charge in [-0.15, -0.1) is 0 Å². The van der Waals surface area contributed by atoms with Crippen LogP contribution in [0.3, 0.4) is 0 Å². The van der Waals surface area contributed by atoms with E-state index in [4.69, 9.17) is 0 Å². The molecule has 1 aliphatic carbocycles. The Bertz CT molecular complexity index is 1630. The van der Waals surface area contributed by atoms with Crippen molar-refractivity contribution in [3.05, 3.63) is 87.3 Å². The van der Waals surface area contributed by atoms with E-state index in [-0.39, 0.29) is 10.9 Å². The molecular weight excluding hydrogens is 490 g/mol. The van der Waals surface area contributed by atoms with Crippen LogP contribution in [0.4, 0.5) is 11.6 Å². The number of carboxylic acids is 1. The summed E-state index contributed by atoms with van der Waals surface area (Å²) in [6.45, 7) is 1.12. The van der Waals surface area contributed by atoms with Crippen molar-refractivity contribution in [2.75, 3.05) is 11.9 Å². The molecule has 7 rings (SSSR count). The van der Waals surface area contributed by atoms with Gasteiger partial charge in [-0.3, -0.25) is 9.69 Å². The summed E-state index contributed by atoms with van der Waals surface area (Å²) in [5.74, 6) is -0.919. The number of pyridine rings is 1. The second-order valence-corrected chi connectivity index (χ2v) is 11.1. The van der Waals surface area contributed by atoms with Gasteiger partial charge in [0.05, 0.1) is 5.39 Å². The van der Waals surface area contributed by atoms with E-state index in [9.17, 15) is 14.7 Å². The monoisotopic (exact) mass is 521 g/mol. The fourth-order valence-corrected chi connectivity index (χ4v) is 6.75. The highest BCUT2D eigenvalue weighted by Gasteiger charge is 2.38. The molecule has 39 heavy (non-hydrogen) atoms. The van der Waals surface area contributed by atoms with E-state index in [1.807, 2.05) is 18.2 Å². The van der Waals surface area contributed by atoms with E-state index in [1.54, 1.807) is 4.57 Å². The molecule has 8 nitrogen and oxygen atoms in total. The van der Waals surface area contributed by atoms with Crippen LogP contribution in [0.1, 0.15) is 59.2 Å². The number of anilines is 2. The third kappa shape index (κ3) is 4.38. The standard InChI is InChI=1S/C31H31N5O3/c37-28-26-17-32-31(33-22-7-4-19(5-8-22)14-15-35-23-10-11-24(35)13-12-23)34-29(26)36(18-27(28)30(38)39)25-9-6-20-2-1-3-21(20)16-25/h4-9,16-18,23-24H,1-3,10-15H2,(H,38,39)(H,32,33,34). The Hall–Kier alpha value is -4.04. The number of carbonyl (C=O) groups is 1. The van der Waals surface area contributed by atoms with Crippen molar-refractivity contribution in [1.82, 2.24) is 19.4 Å². The van der Waals surface area contributed by atoms with Gasteiger partial charge in [-0.2, -0.15) is 4.98 Å². The van der Waals surface area contributed by atoms with E-state index in [2.05, 4.69) is 44.5 Å². The van der Waals surface area contributed by atoms with Gasteiger partial charge in [0.25, 0.3) is 0 Å². The summed E-state index contributed by atoms with van der Waals surface area (Å²) in [5, 5.41) is 13.1. The molecule has 2 aliphatic heterocycles. The van der Waals surface area contributed by atoms with E-state index in [0.717, 1.165) is 55.7 Å². The number of fused-ring (bicyclic) bond motifs is 4. The van der Waals surface area contributed by atoms with Gasteiger partial charge in [0.1, 0.15) is 5.56 Å². The largest absolute Gasteiger partial charge is 0.477 e. The number of hydrogen-bond acceptors (Lipinski definition) is 6. The Kier molecular flexibility index (Phi) is 5.92. The molecule has 2 N–H and O–H groups in total. The van der Waals surface area contributed by atoms with Crippen LogP contribution < -0.4 is 10.7 Å². The molecule has 0 unspecified atom stereocenters. The van der Waals surface area contributed by atoms with E-state index < -0.39 is 11.4 Å². The average molecular weight is 522 g/mol. The normalized spacial score (nSPS) is 20.0. The minimum atomic E-state index is -1.27. The third-order valence-electron chi connectivity index (χ3n) is 8.81. The molecule has 4 aromatic rings. The summed E-state index contributed by atoms with van der Waals surface area (Å²) in [4.78, 5) is 36.5. The Balaban J connectivity index is 1.17. The predicted molar refractivity (Wildman–Crippen MR) is 150 cm³/mol. The number of aromatic nitrogens is 3.